The Balaban J connectivity index is 1.41. The van der Waals surface area contributed by atoms with Crippen molar-refractivity contribution in [3.63, 3.8) is 0 Å². The lowest BCUT2D eigenvalue weighted by Crippen LogP contribution is -2.38. The molecule has 1 heterocycles. The molecule has 2 aromatic rings. The number of nitrogens with one attached hydrogen (secondary N) is 1. The van der Waals surface area contributed by atoms with Crippen molar-refractivity contribution in [2.75, 3.05) is 26.2 Å². The molecule has 0 bridgehead atoms. The molecular weight excluding hydrogens is 368 g/mol. The van der Waals surface area contributed by atoms with E-state index in [0.29, 0.717) is 0 Å². The van der Waals surface area contributed by atoms with E-state index in [1.54, 1.807) is 4.90 Å². The molecule has 3 rings (SSSR count). The predicted octanol–water partition coefficient (Wildman–Crippen LogP) is 2.83. The molecule has 154 valence electrons. The van der Waals surface area contributed by atoms with Gasteiger partial charge in [0.25, 0.3) is 5.91 Å². The van der Waals surface area contributed by atoms with Gasteiger partial charge in [-0.1, -0.05) is 61.7 Å². The minimum Gasteiger partial charge on any atom is -0.454 e. The average molecular weight is 396 g/mol. The number of fused-ring (bicyclic) bond motifs is 1. The minimum absolute atomic E-state index is 0.165. The molecule has 6 nitrogen and oxygen atoms in total. The third-order valence-corrected chi connectivity index (χ3v) is 5.23. The number of carbonyl (C=O) groups is 3. The summed E-state index contributed by atoms with van der Waals surface area (Å²) in [6.07, 6.45) is 5.64. The maximum Gasteiger partial charge on any atom is 0.325 e. The number of rotatable bonds is 6. The molecule has 1 aliphatic rings. The summed E-state index contributed by atoms with van der Waals surface area (Å²) in [5, 5.41) is 4.67. The van der Waals surface area contributed by atoms with Crippen LogP contribution in [0.3, 0.4) is 0 Å². The Morgan fingerprint density at radius 3 is 2.38 bits per heavy atom. The van der Waals surface area contributed by atoms with Crippen LogP contribution in [0.2, 0.25) is 0 Å². The third kappa shape index (κ3) is 6.31. The molecular formula is C23H28N2O4. The zero-order valence-corrected chi connectivity index (χ0v) is 16.7. The number of amides is 2. The SMILES string of the molecule is O=C(Cc1cccc2ccccc12)NCC(=O)OCC(=O)N1CCCCCCC1. The Bertz CT molecular complexity index is 852. The van der Waals surface area contributed by atoms with Crippen molar-refractivity contribution in [3.8, 4) is 0 Å². The van der Waals surface area contributed by atoms with Crippen molar-refractivity contribution in [2.24, 2.45) is 0 Å². The highest BCUT2D eigenvalue weighted by molar-refractivity contribution is 5.91. The number of benzene rings is 2. The molecule has 2 aromatic carbocycles. The summed E-state index contributed by atoms with van der Waals surface area (Å²) in [6, 6.07) is 13.7. The molecule has 6 heteroatoms. The number of ether oxygens (including phenoxy) is 1. The van der Waals surface area contributed by atoms with Gasteiger partial charge < -0.3 is 15.0 Å². The molecule has 1 fully saturated rings. The summed E-state index contributed by atoms with van der Waals surface area (Å²) in [4.78, 5) is 38.1. The van der Waals surface area contributed by atoms with Gasteiger partial charge in [0.2, 0.25) is 5.91 Å². The Morgan fingerprint density at radius 1 is 0.897 bits per heavy atom. The fourth-order valence-corrected chi connectivity index (χ4v) is 3.63. The van der Waals surface area contributed by atoms with E-state index in [-0.39, 0.29) is 31.4 Å². The first-order valence-corrected chi connectivity index (χ1v) is 10.3. The maximum atomic E-state index is 12.2. The highest BCUT2D eigenvalue weighted by Crippen LogP contribution is 2.18. The van der Waals surface area contributed by atoms with E-state index >= 15 is 0 Å². The van der Waals surface area contributed by atoms with Crippen LogP contribution in [0, 0.1) is 0 Å². The Morgan fingerprint density at radius 2 is 1.59 bits per heavy atom. The molecule has 0 saturated carbocycles. The van der Waals surface area contributed by atoms with Gasteiger partial charge in [-0.3, -0.25) is 14.4 Å². The predicted molar refractivity (Wildman–Crippen MR) is 111 cm³/mol. The summed E-state index contributed by atoms with van der Waals surface area (Å²) < 4.78 is 5.06. The normalized spacial score (nSPS) is 14.7. The fraction of sp³-hybridized carbons (Fsp3) is 0.435. The molecule has 0 atom stereocenters. The molecule has 29 heavy (non-hydrogen) atoms. The summed E-state index contributed by atoms with van der Waals surface area (Å²) in [5.74, 6) is -1.02. The summed E-state index contributed by atoms with van der Waals surface area (Å²) >= 11 is 0. The topological polar surface area (TPSA) is 75.7 Å². The molecule has 0 unspecified atom stereocenters. The summed E-state index contributed by atoms with van der Waals surface area (Å²) in [5.41, 5.74) is 0.904. The first-order valence-electron chi connectivity index (χ1n) is 10.3. The molecule has 0 radical (unpaired) electrons. The smallest absolute Gasteiger partial charge is 0.325 e. The zero-order chi connectivity index (χ0) is 20.5. The fourth-order valence-electron chi connectivity index (χ4n) is 3.63. The van der Waals surface area contributed by atoms with Crippen LogP contribution < -0.4 is 5.32 Å². The zero-order valence-electron chi connectivity index (χ0n) is 16.7. The number of hydrogen-bond donors (Lipinski definition) is 1. The quantitative estimate of drug-likeness (QED) is 0.762. The van der Waals surface area contributed by atoms with E-state index in [4.69, 9.17) is 4.74 Å². The molecule has 2 amide bonds. The largest absolute Gasteiger partial charge is 0.454 e. The number of carbonyl (C=O) groups excluding carboxylic acids is 3. The van der Waals surface area contributed by atoms with Crippen LogP contribution in [-0.2, 0) is 25.5 Å². The summed E-state index contributed by atoms with van der Waals surface area (Å²) in [7, 11) is 0. The van der Waals surface area contributed by atoms with Crippen LogP contribution in [-0.4, -0.2) is 48.9 Å². The van der Waals surface area contributed by atoms with Crippen LogP contribution >= 0.6 is 0 Å². The van der Waals surface area contributed by atoms with E-state index in [1.165, 1.54) is 6.42 Å². The average Bonchev–Trinajstić information content (AvgIpc) is 2.70. The number of hydrogen-bond acceptors (Lipinski definition) is 4. The second-order valence-corrected chi connectivity index (χ2v) is 7.40. The van der Waals surface area contributed by atoms with Crippen molar-refractivity contribution in [1.29, 1.82) is 0 Å². The molecule has 0 aliphatic carbocycles. The van der Waals surface area contributed by atoms with Gasteiger partial charge >= 0.3 is 5.97 Å². The van der Waals surface area contributed by atoms with Gasteiger partial charge in [0, 0.05) is 13.1 Å². The number of likely N-dealkylation sites (tertiary alicyclic amines) is 1. The van der Waals surface area contributed by atoms with Crippen molar-refractivity contribution < 1.29 is 19.1 Å². The van der Waals surface area contributed by atoms with Gasteiger partial charge in [-0.25, -0.2) is 0 Å². The maximum absolute atomic E-state index is 12.2. The van der Waals surface area contributed by atoms with Gasteiger partial charge in [-0.2, -0.15) is 0 Å². The van der Waals surface area contributed by atoms with E-state index in [9.17, 15) is 14.4 Å². The van der Waals surface area contributed by atoms with Gasteiger partial charge in [0.05, 0.1) is 6.42 Å². The first kappa shape index (κ1) is 20.8. The monoisotopic (exact) mass is 396 g/mol. The standard InChI is InChI=1S/C23H28N2O4/c26-21(15-19-11-8-10-18-9-4-5-12-20(18)19)24-16-23(28)29-17-22(27)25-13-6-2-1-3-7-14-25/h4-5,8-12H,1-3,6-7,13-17H2,(H,24,26). The van der Waals surface area contributed by atoms with Crippen molar-refractivity contribution in [2.45, 2.75) is 38.5 Å². The lowest BCUT2D eigenvalue weighted by atomic mass is 10.0. The highest BCUT2D eigenvalue weighted by atomic mass is 16.5. The van der Waals surface area contributed by atoms with Crippen molar-refractivity contribution >= 4 is 28.6 Å². The lowest BCUT2D eigenvalue weighted by molar-refractivity contribution is -0.151. The van der Waals surface area contributed by atoms with Gasteiger partial charge in [0.15, 0.2) is 6.61 Å². The number of esters is 1. The van der Waals surface area contributed by atoms with Crippen LogP contribution in [0.25, 0.3) is 10.8 Å². The van der Waals surface area contributed by atoms with Crippen LogP contribution in [0.5, 0.6) is 0 Å². The van der Waals surface area contributed by atoms with E-state index in [0.717, 1.165) is 55.1 Å². The van der Waals surface area contributed by atoms with E-state index in [2.05, 4.69) is 5.32 Å². The molecule has 1 aliphatic heterocycles. The molecule has 1 N–H and O–H groups in total. The lowest BCUT2D eigenvalue weighted by Gasteiger charge is -2.24. The Labute approximate surface area is 171 Å². The third-order valence-electron chi connectivity index (χ3n) is 5.23. The number of nitrogens with zero attached hydrogens (tertiary/aromatic N) is 1. The molecule has 1 saturated heterocycles. The van der Waals surface area contributed by atoms with Crippen molar-refractivity contribution in [1.82, 2.24) is 10.2 Å². The second-order valence-electron chi connectivity index (χ2n) is 7.40. The Kier molecular flexibility index (Phi) is 7.61. The van der Waals surface area contributed by atoms with Crippen LogP contribution in [0.4, 0.5) is 0 Å². The minimum atomic E-state index is -0.600. The molecule has 0 aromatic heterocycles. The summed E-state index contributed by atoms with van der Waals surface area (Å²) in [6.45, 7) is 0.936. The molecule has 0 spiro atoms. The van der Waals surface area contributed by atoms with Crippen molar-refractivity contribution in [3.05, 3.63) is 48.0 Å². The van der Waals surface area contributed by atoms with Gasteiger partial charge in [-0.05, 0) is 29.2 Å². The Hall–Kier alpha value is -2.89. The van der Waals surface area contributed by atoms with E-state index in [1.807, 2.05) is 42.5 Å². The van der Waals surface area contributed by atoms with Crippen LogP contribution in [0.1, 0.15) is 37.7 Å². The first-order chi connectivity index (χ1) is 14.1. The van der Waals surface area contributed by atoms with Gasteiger partial charge in [0.1, 0.15) is 6.54 Å². The second kappa shape index (κ2) is 10.6. The van der Waals surface area contributed by atoms with Gasteiger partial charge in [-0.15, -0.1) is 0 Å². The highest BCUT2D eigenvalue weighted by Gasteiger charge is 2.17. The van der Waals surface area contributed by atoms with E-state index < -0.39 is 5.97 Å². The van der Waals surface area contributed by atoms with Crippen LogP contribution in [0.15, 0.2) is 42.5 Å².